The lowest BCUT2D eigenvalue weighted by Gasteiger charge is -2.36. The van der Waals surface area contributed by atoms with E-state index in [1.807, 2.05) is 42.5 Å². The minimum absolute atomic E-state index is 0.0218. The van der Waals surface area contributed by atoms with E-state index in [-0.39, 0.29) is 22.7 Å². The summed E-state index contributed by atoms with van der Waals surface area (Å²) in [6.07, 6.45) is 0.0836. The van der Waals surface area contributed by atoms with E-state index in [4.69, 9.17) is 19.3 Å². The molecule has 1 fully saturated rings. The van der Waals surface area contributed by atoms with Crippen LogP contribution in [0.3, 0.4) is 0 Å². The fraction of sp³-hybridized carbons (Fsp3) is 0.421. The molecule has 294 valence electrons. The fourth-order valence-electron chi connectivity index (χ4n) is 5.98. The topological polar surface area (TPSA) is 183 Å². The van der Waals surface area contributed by atoms with Crippen LogP contribution in [0.25, 0.3) is 0 Å². The molecule has 0 spiro atoms. The summed E-state index contributed by atoms with van der Waals surface area (Å²) in [7, 11) is 2.62. The van der Waals surface area contributed by atoms with E-state index >= 15 is 0 Å². The molecule has 3 aromatic carbocycles. The summed E-state index contributed by atoms with van der Waals surface area (Å²) in [5, 5.41) is 21.7. The van der Waals surface area contributed by atoms with Crippen LogP contribution in [0, 0.1) is 6.92 Å². The Labute approximate surface area is 316 Å². The van der Waals surface area contributed by atoms with Crippen molar-refractivity contribution in [3.8, 4) is 17.2 Å². The number of aliphatic hydroxyl groups is 1. The van der Waals surface area contributed by atoms with Gasteiger partial charge in [-0.1, -0.05) is 36.4 Å². The third-order valence-electron chi connectivity index (χ3n) is 9.13. The van der Waals surface area contributed by atoms with Crippen LogP contribution in [0.4, 0.5) is 11.5 Å². The molecule has 15 nitrogen and oxygen atoms in total. The van der Waals surface area contributed by atoms with E-state index in [1.165, 1.54) is 23.7 Å². The van der Waals surface area contributed by atoms with Gasteiger partial charge in [0, 0.05) is 66.0 Å². The van der Waals surface area contributed by atoms with Crippen LogP contribution in [0.5, 0.6) is 17.2 Å². The first-order valence-electron chi connectivity index (χ1n) is 17.7. The number of hydrogen-bond acceptors (Lipinski definition) is 12. The average Bonchev–Trinajstić information content (AvgIpc) is 3.17. The number of nitrogens with zero attached hydrogens (tertiary/aromatic N) is 4. The molecule has 4 aromatic rings. The molecule has 5 rings (SSSR count). The molecule has 1 atom stereocenters. The van der Waals surface area contributed by atoms with Crippen LogP contribution in [-0.2, 0) is 24.1 Å². The first-order valence-corrected chi connectivity index (χ1v) is 19.3. The summed E-state index contributed by atoms with van der Waals surface area (Å²) in [5.74, 6) is 2.78. The molecule has 0 bridgehead atoms. The number of hydrogen-bond donors (Lipinski definition) is 4. The molecule has 1 unspecified atom stereocenters. The van der Waals surface area contributed by atoms with E-state index in [9.17, 15) is 23.1 Å². The summed E-state index contributed by atoms with van der Waals surface area (Å²) < 4.78 is 42.0. The molecular weight excluding hydrogens is 715 g/mol. The molecule has 0 saturated carbocycles. The van der Waals surface area contributed by atoms with Crippen LogP contribution in [0.1, 0.15) is 23.7 Å². The molecule has 16 heteroatoms. The maximum absolute atomic E-state index is 11.9. The summed E-state index contributed by atoms with van der Waals surface area (Å²) in [6, 6.07) is 21.7. The molecule has 0 radical (unpaired) electrons. The number of anilines is 2. The number of piperazine rings is 1. The minimum atomic E-state index is -3.82. The number of methoxy groups -OCH3 is 2. The molecule has 1 aliphatic rings. The Hall–Kier alpha value is -4.87. The zero-order valence-electron chi connectivity index (χ0n) is 31.7. The van der Waals surface area contributed by atoms with Crippen molar-refractivity contribution < 1.29 is 27.7 Å². The van der Waals surface area contributed by atoms with E-state index < -0.39 is 16.1 Å². The van der Waals surface area contributed by atoms with E-state index in [0.29, 0.717) is 48.1 Å². The van der Waals surface area contributed by atoms with Gasteiger partial charge in [0.15, 0.2) is 11.5 Å². The first-order chi connectivity index (χ1) is 25.8. The Morgan fingerprint density at radius 2 is 1.50 bits per heavy atom. The van der Waals surface area contributed by atoms with Gasteiger partial charge in [0.25, 0.3) is 5.56 Å². The van der Waals surface area contributed by atoms with Crippen LogP contribution in [-0.4, -0.2) is 101 Å². The maximum atomic E-state index is 11.9. The van der Waals surface area contributed by atoms with E-state index in [1.54, 1.807) is 40.3 Å². The number of nitrogens with two attached hydrogens (primary N) is 1. The molecule has 2 heterocycles. The van der Waals surface area contributed by atoms with Crippen LogP contribution in [0.2, 0.25) is 0 Å². The monoisotopic (exact) mass is 767 g/mol. The van der Waals surface area contributed by atoms with Gasteiger partial charge in [0.1, 0.15) is 18.2 Å². The van der Waals surface area contributed by atoms with Crippen molar-refractivity contribution in [2.24, 2.45) is 19.2 Å². The molecule has 1 aromatic heterocycles. The van der Waals surface area contributed by atoms with Gasteiger partial charge >= 0.3 is 5.69 Å². The van der Waals surface area contributed by atoms with Crippen molar-refractivity contribution in [3.63, 3.8) is 0 Å². The lowest BCUT2D eigenvalue weighted by Crippen LogP contribution is -2.47. The number of primary sulfonamides is 1. The number of aliphatic hydroxyl groups excluding tert-OH is 1. The van der Waals surface area contributed by atoms with Gasteiger partial charge in [0.2, 0.25) is 10.0 Å². The van der Waals surface area contributed by atoms with Crippen LogP contribution < -0.4 is 46.1 Å². The number of rotatable bonds is 16. The van der Waals surface area contributed by atoms with Gasteiger partial charge < -0.3 is 34.9 Å². The summed E-state index contributed by atoms with van der Waals surface area (Å²) in [4.78, 5) is 28.5. The molecular formula is C38H53N7O8S. The second-order valence-corrected chi connectivity index (χ2v) is 14.4. The van der Waals surface area contributed by atoms with Crippen molar-refractivity contribution in [1.82, 2.24) is 19.4 Å². The Morgan fingerprint density at radius 3 is 2.17 bits per heavy atom. The minimum Gasteiger partial charge on any atom is -0.495 e. The number of nitrogens with one attached hydrogen (secondary N) is 2. The third kappa shape index (κ3) is 11.6. The van der Waals surface area contributed by atoms with Crippen molar-refractivity contribution >= 4 is 21.5 Å². The predicted molar refractivity (Wildman–Crippen MR) is 211 cm³/mol. The van der Waals surface area contributed by atoms with Crippen LogP contribution in [0.15, 0.2) is 87.3 Å². The largest absolute Gasteiger partial charge is 0.495 e. The standard InChI is InChI=1S/C20H29N5O3.C18H24N2O5S/c1-22-18(15-19(26)23(2)20(22)27)21-9-6-10-24-11-13-25(14-12-24)16-7-4-5-8-17(16)28-3;1-13-7-8-14(11-18(13)26(19,22)23)15(21)12-20-9-10-25-17-6-4-3-5-16(17)24-2/h4-5,7-8,15,21H,6,9-14H2,1-3H3;3-8,11,15,20-21H,9-10,12H2,1-2H3,(H2,19,22,23). The predicted octanol–water partition coefficient (Wildman–Crippen LogP) is 2.07. The molecule has 1 saturated heterocycles. The second-order valence-electron chi connectivity index (χ2n) is 12.8. The Bertz CT molecular complexity index is 2050. The third-order valence-corrected chi connectivity index (χ3v) is 10.2. The maximum Gasteiger partial charge on any atom is 0.332 e. The Balaban J connectivity index is 0.000000241. The van der Waals surface area contributed by atoms with Crippen molar-refractivity contribution in [3.05, 3.63) is 105 Å². The number of aromatic nitrogens is 2. The van der Waals surface area contributed by atoms with E-state index in [2.05, 4.69) is 26.5 Å². The highest BCUT2D eigenvalue weighted by molar-refractivity contribution is 7.89. The average molecular weight is 768 g/mol. The summed E-state index contributed by atoms with van der Waals surface area (Å²) in [5.41, 5.74) is 1.57. The van der Waals surface area contributed by atoms with Gasteiger partial charge in [-0.2, -0.15) is 0 Å². The Morgan fingerprint density at radius 1 is 0.852 bits per heavy atom. The first kappa shape index (κ1) is 41.9. The van der Waals surface area contributed by atoms with Gasteiger partial charge in [-0.3, -0.25) is 18.8 Å². The molecule has 0 amide bonds. The van der Waals surface area contributed by atoms with Gasteiger partial charge in [0.05, 0.1) is 30.9 Å². The zero-order chi connectivity index (χ0) is 39.3. The zero-order valence-corrected chi connectivity index (χ0v) is 32.5. The molecule has 5 N–H and O–H groups in total. The highest BCUT2D eigenvalue weighted by Gasteiger charge is 2.19. The van der Waals surface area contributed by atoms with Crippen molar-refractivity contribution in [2.75, 3.05) is 83.4 Å². The summed E-state index contributed by atoms with van der Waals surface area (Å²) >= 11 is 0. The Kier molecular flexibility index (Phi) is 15.5. The van der Waals surface area contributed by atoms with Crippen molar-refractivity contribution in [2.45, 2.75) is 24.3 Å². The van der Waals surface area contributed by atoms with Crippen LogP contribution >= 0.6 is 0 Å². The number of ether oxygens (including phenoxy) is 3. The summed E-state index contributed by atoms with van der Waals surface area (Å²) in [6.45, 7) is 8.44. The lowest BCUT2D eigenvalue weighted by molar-refractivity contribution is 0.171. The van der Waals surface area contributed by atoms with Crippen molar-refractivity contribution in [1.29, 1.82) is 0 Å². The SMILES string of the molecule is COc1ccccc1N1CCN(CCCNc2cc(=O)n(C)c(=O)n2C)CC1.COc1ccccc1OCCNCC(O)c1ccc(C)c(S(N)(=O)=O)c1. The second kappa shape index (κ2) is 20.0. The number of para-hydroxylation sites is 4. The molecule has 0 aliphatic carbocycles. The molecule has 1 aliphatic heterocycles. The van der Waals surface area contributed by atoms with Gasteiger partial charge in [-0.25, -0.2) is 18.4 Å². The fourth-order valence-corrected chi connectivity index (χ4v) is 6.80. The number of aryl methyl sites for hydroxylation is 1. The smallest absolute Gasteiger partial charge is 0.332 e. The van der Waals surface area contributed by atoms with Gasteiger partial charge in [-0.05, 0) is 61.3 Å². The highest BCUT2D eigenvalue weighted by atomic mass is 32.2. The number of benzene rings is 3. The van der Waals surface area contributed by atoms with E-state index in [0.717, 1.165) is 55.1 Å². The lowest BCUT2D eigenvalue weighted by atomic mass is 10.1. The normalized spacial score (nSPS) is 13.8. The number of sulfonamides is 1. The quantitative estimate of drug-likeness (QED) is 0.122. The molecule has 54 heavy (non-hydrogen) atoms. The van der Waals surface area contributed by atoms with Gasteiger partial charge in [-0.15, -0.1) is 0 Å². The highest BCUT2D eigenvalue weighted by Crippen LogP contribution is 2.28.